The number of ether oxygens (including phenoxy) is 1. The van der Waals surface area contributed by atoms with Crippen molar-refractivity contribution in [2.24, 2.45) is 0 Å². The van der Waals surface area contributed by atoms with E-state index in [1.807, 2.05) is 0 Å². The van der Waals surface area contributed by atoms with Crippen molar-refractivity contribution in [3.63, 3.8) is 0 Å². The number of hydrogen-bond donors (Lipinski definition) is 1. The highest BCUT2D eigenvalue weighted by Crippen LogP contribution is 2.24. The number of benzene rings is 1. The monoisotopic (exact) mass is 367 g/mol. The smallest absolute Gasteiger partial charge is 0.291 e. The van der Waals surface area contributed by atoms with Gasteiger partial charge in [-0.2, -0.15) is 0 Å². The zero-order valence-corrected chi connectivity index (χ0v) is 14.7. The molecule has 4 nitrogen and oxygen atoms in total. The highest BCUT2D eigenvalue weighted by atomic mass is 35.5. The number of nitrogens with one attached hydrogen (secondary N) is 1. The lowest BCUT2D eigenvalue weighted by atomic mass is 9.98. The van der Waals surface area contributed by atoms with Crippen LogP contribution in [0.3, 0.4) is 0 Å². The second-order valence-electron chi connectivity index (χ2n) is 5.95. The van der Waals surface area contributed by atoms with E-state index >= 15 is 0 Å². The van der Waals surface area contributed by atoms with Gasteiger partial charge in [0.05, 0.1) is 6.10 Å². The summed E-state index contributed by atoms with van der Waals surface area (Å²) in [6.45, 7) is 0.390. The summed E-state index contributed by atoms with van der Waals surface area (Å²) < 4.78 is 11.4. The van der Waals surface area contributed by atoms with E-state index in [4.69, 9.17) is 32.4 Å². The molecule has 0 spiro atoms. The fourth-order valence-corrected chi connectivity index (χ4v) is 3.35. The van der Waals surface area contributed by atoms with Crippen molar-refractivity contribution >= 4 is 34.8 Å². The third-order valence-corrected chi connectivity index (χ3v) is 4.46. The van der Waals surface area contributed by atoms with Crippen LogP contribution in [-0.4, -0.2) is 12.0 Å². The first-order chi connectivity index (χ1) is 11.6. The van der Waals surface area contributed by atoms with E-state index in [-0.39, 0.29) is 11.7 Å². The van der Waals surface area contributed by atoms with E-state index in [0.29, 0.717) is 34.2 Å². The highest BCUT2D eigenvalue weighted by molar-refractivity contribution is 6.35. The fraction of sp³-hybridized carbons (Fsp3) is 0.389. The van der Waals surface area contributed by atoms with E-state index < -0.39 is 0 Å². The first-order valence-corrected chi connectivity index (χ1v) is 8.83. The Morgan fingerprint density at radius 2 is 1.83 bits per heavy atom. The molecule has 6 heteroatoms. The zero-order chi connectivity index (χ0) is 16.9. The molecule has 1 fully saturated rings. The molecule has 128 valence electrons. The zero-order valence-electron chi connectivity index (χ0n) is 13.2. The van der Waals surface area contributed by atoms with Crippen LogP contribution >= 0.6 is 23.2 Å². The third-order valence-electron chi connectivity index (χ3n) is 4.02. The number of amides is 1. The van der Waals surface area contributed by atoms with Crippen LogP contribution in [0.25, 0.3) is 0 Å². The number of furan rings is 1. The molecule has 0 unspecified atom stereocenters. The Labute approximate surface area is 151 Å². The Morgan fingerprint density at radius 3 is 2.54 bits per heavy atom. The van der Waals surface area contributed by atoms with Crippen molar-refractivity contribution in [1.29, 1.82) is 0 Å². The summed E-state index contributed by atoms with van der Waals surface area (Å²) >= 11 is 11.8. The maximum absolute atomic E-state index is 12.2. The molecule has 1 aliphatic rings. The average Bonchev–Trinajstić information content (AvgIpc) is 3.02. The number of halogens is 2. The van der Waals surface area contributed by atoms with Gasteiger partial charge in [0, 0.05) is 15.7 Å². The van der Waals surface area contributed by atoms with Crippen LogP contribution < -0.4 is 5.32 Å². The molecule has 1 aromatic carbocycles. The molecule has 1 aliphatic carbocycles. The van der Waals surface area contributed by atoms with E-state index in [1.54, 1.807) is 30.3 Å². The molecule has 1 N–H and O–H groups in total. The van der Waals surface area contributed by atoms with E-state index in [9.17, 15) is 4.79 Å². The first kappa shape index (κ1) is 17.3. The van der Waals surface area contributed by atoms with E-state index in [0.717, 1.165) is 12.8 Å². The summed E-state index contributed by atoms with van der Waals surface area (Å²) in [7, 11) is 0. The topological polar surface area (TPSA) is 51.5 Å². The molecule has 1 saturated carbocycles. The second kappa shape index (κ2) is 8.06. The van der Waals surface area contributed by atoms with Gasteiger partial charge in [-0.25, -0.2) is 0 Å². The van der Waals surface area contributed by atoms with E-state index in [1.165, 1.54) is 19.3 Å². The molecule has 3 rings (SSSR count). The van der Waals surface area contributed by atoms with Crippen molar-refractivity contribution in [1.82, 2.24) is 0 Å². The van der Waals surface area contributed by atoms with Gasteiger partial charge < -0.3 is 14.5 Å². The minimum absolute atomic E-state index is 0.230. The molecule has 1 aromatic heterocycles. The first-order valence-electron chi connectivity index (χ1n) is 8.08. The largest absolute Gasteiger partial charge is 0.453 e. The van der Waals surface area contributed by atoms with Gasteiger partial charge in [0.2, 0.25) is 0 Å². The van der Waals surface area contributed by atoms with Crippen molar-refractivity contribution in [3.8, 4) is 0 Å². The Morgan fingerprint density at radius 1 is 1.12 bits per heavy atom. The lowest BCUT2D eigenvalue weighted by molar-refractivity contribution is 0.00849. The van der Waals surface area contributed by atoms with Crippen LogP contribution in [0.2, 0.25) is 10.0 Å². The number of carbonyl (C=O) groups excluding carboxylic acids is 1. The Kier molecular flexibility index (Phi) is 5.82. The minimum Gasteiger partial charge on any atom is -0.453 e. The van der Waals surface area contributed by atoms with Gasteiger partial charge in [0.25, 0.3) is 5.91 Å². The van der Waals surface area contributed by atoms with Gasteiger partial charge >= 0.3 is 0 Å². The Hall–Kier alpha value is -1.49. The summed E-state index contributed by atoms with van der Waals surface area (Å²) in [4.78, 5) is 12.2. The van der Waals surface area contributed by atoms with Gasteiger partial charge in [-0.1, -0.05) is 42.5 Å². The lowest BCUT2D eigenvalue weighted by Gasteiger charge is -2.21. The molecule has 0 aliphatic heterocycles. The molecule has 0 atom stereocenters. The maximum atomic E-state index is 12.2. The molecular formula is C18H19Cl2NO3. The number of anilines is 1. The minimum atomic E-state index is -0.350. The van der Waals surface area contributed by atoms with Gasteiger partial charge in [-0.3, -0.25) is 4.79 Å². The van der Waals surface area contributed by atoms with E-state index in [2.05, 4.69) is 5.32 Å². The SMILES string of the molecule is O=C(Nc1cc(Cl)cc(Cl)c1)c1ccc(COC2CCCCC2)o1. The highest BCUT2D eigenvalue weighted by Gasteiger charge is 2.16. The van der Waals surface area contributed by atoms with Crippen molar-refractivity contribution in [2.75, 3.05) is 5.32 Å². The van der Waals surface area contributed by atoms with Crippen LogP contribution in [0, 0.1) is 0 Å². The molecular weight excluding hydrogens is 349 g/mol. The van der Waals surface area contributed by atoms with Crippen molar-refractivity contribution < 1.29 is 13.9 Å². The molecule has 24 heavy (non-hydrogen) atoms. The number of carbonyl (C=O) groups is 1. The summed E-state index contributed by atoms with van der Waals surface area (Å²) in [5.41, 5.74) is 0.522. The predicted octanol–water partition coefficient (Wildman–Crippen LogP) is 5.69. The Bertz CT molecular complexity index is 688. The molecule has 1 amide bonds. The Balaban J connectivity index is 1.56. The normalized spacial score (nSPS) is 15.4. The summed E-state index contributed by atoms with van der Waals surface area (Å²) in [5.74, 6) is 0.528. The van der Waals surface area contributed by atoms with Gasteiger partial charge in [0.15, 0.2) is 5.76 Å². The van der Waals surface area contributed by atoms with Gasteiger partial charge in [0.1, 0.15) is 12.4 Å². The predicted molar refractivity (Wildman–Crippen MR) is 94.8 cm³/mol. The summed E-state index contributed by atoms with van der Waals surface area (Å²) in [6, 6.07) is 8.26. The molecule has 0 bridgehead atoms. The number of hydrogen-bond acceptors (Lipinski definition) is 3. The third kappa shape index (κ3) is 4.76. The van der Waals surface area contributed by atoms with Gasteiger partial charge in [-0.05, 0) is 43.2 Å². The van der Waals surface area contributed by atoms with Crippen molar-refractivity contribution in [2.45, 2.75) is 44.8 Å². The molecule has 0 radical (unpaired) electrons. The summed E-state index contributed by atoms with van der Waals surface area (Å²) in [5, 5.41) is 3.63. The van der Waals surface area contributed by atoms with Crippen LogP contribution in [0.4, 0.5) is 5.69 Å². The fourth-order valence-electron chi connectivity index (χ4n) is 2.83. The van der Waals surface area contributed by atoms with Crippen LogP contribution in [0.5, 0.6) is 0 Å². The lowest BCUT2D eigenvalue weighted by Crippen LogP contribution is -2.16. The van der Waals surface area contributed by atoms with Crippen LogP contribution in [0.15, 0.2) is 34.7 Å². The molecule has 2 aromatic rings. The quantitative estimate of drug-likeness (QED) is 0.738. The average molecular weight is 368 g/mol. The summed E-state index contributed by atoms with van der Waals surface area (Å²) in [6.07, 6.45) is 6.23. The molecule has 0 saturated heterocycles. The van der Waals surface area contributed by atoms with Crippen molar-refractivity contribution in [3.05, 3.63) is 51.9 Å². The van der Waals surface area contributed by atoms with Crippen LogP contribution in [-0.2, 0) is 11.3 Å². The van der Waals surface area contributed by atoms with Gasteiger partial charge in [-0.15, -0.1) is 0 Å². The van der Waals surface area contributed by atoms with Crippen LogP contribution in [0.1, 0.15) is 48.4 Å². The number of rotatable bonds is 5. The standard InChI is InChI=1S/C18H19Cl2NO3/c19-12-8-13(20)10-14(9-12)21-18(22)17-7-6-16(24-17)11-23-15-4-2-1-3-5-15/h6-10,15H,1-5,11H2,(H,21,22). The second-order valence-corrected chi connectivity index (χ2v) is 6.82. The molecule has 1 heterocycles. The maximum Gasteiger partial charge on any atom is 0.291 e.